The molecule has 1 aliphatic heterocycles. The predicted octanol–water partition coefficient (Wildman–Crippen LogP) is 2.50. The molecule has 0 bridgehead atoms. The first-order valence-electron chi connectivity index (χ1n) is 7.66. The fourth-order valence-electron chi connectivity index (χ4n) is 2.56. The van der Waals surface area contributed by atoms with E-state index in [1.165, 1.54) is 11.3 Å². The molecule has 0 spiro atoms. The Labute approximate surface area is 155 Å². The van der Waals surface area contributed by atoms with Crippen LogP contribution >= 0.6 is 27.3 Å². The molecule has 3 heterocycles. The Balaban J connectivity index is 1.43. The number of ether oxygens (including phenoxy) is 1. The minimum Gasteiger partial charge on any atom is -0.487 e. The zero-order valence-corrected chi connectivity index (χ0v) is 15.4. The van der Waals surface area contributed by atoms with Gasteiger partial charge in [-0.15, -0.1) is 10.2 Å². The topological polar surface area (TPSA) is 97.4 Å². The van der Waals surface area contributed by atoms with Crippen molar-refractivity contribution in [1.29, 1.82) is 0 Å². The third-order valence-electron chi connectivity index (χ3n) is 3.75. The molecule has 130 valence electrons. The van der Waals surface area contributed by atoms with E-state index in [1.54, 1.807) is 0 Å². The molecule has 1 unspecified atom stereocenters. The lowest BCUT2D eigenvalue weighted by molar-refractivity contribution is 0.222. The van der Waals surface area contributed by atoms with Crippen molar-refractivity contribution in [3.8, 4) is 16.6 Å². The van der Waals surface area contributed by atoms with Crippen molar-refractivity contribution in [1.82, 2.24) is 20.3 Å². The third-order valence-corrected chi connectivity index (χ3v) is 5.39. The van der Waals surface area contributed by atoms with Gasteiger partial charge in [-0.25, -0.2) is 0 Å². The van der Waals surface area contributed by atoms with Gasteiger partial charge in [-0.2, -0.15) is 4.98 Å². The summed E-state index contributed by atoms with van der Waals surface area (Å²) in [6.45, 7) is 1.29. The van der Waals surface area contributed by atoms with E-state index >= 15 is 0 Å². The number of halogens is 1. The number of rotatable bonds is 5. The van der Waals surface area contributed by atoms with Gasteiger partial charge in [0, 0.05) is 13.0 Å². The Bertz CT molecular complexity index is 870. The van der Waals surface area contributed by atoms with Crippen LogP contribution in [-0.4, -0.2) is 44.6 Å². The second-order valence-corrected chi connectivity index (χ2v) is 7.27. The number of hydrogen-bond acceptors (Lipinski definition) is 9. The molecule has 0 aliphatic carbocycles. The molecule has 1 saturated heterocycles. The Morgan fingerprint density at radius 1 is 1.36 bits per heavy atom. The Hall–Kier alpha value is -2.04. The van der Waals surface area contributed by atoms with E-state index in [0.29, 0.717) is 10.8 Å². The van der Waals surface area contributed by atoms with Gasteiger partial charge in [-0.05, 0) is 28.1 Å². The van der Waals surface area contributed by atoms with Crippen molar-refractivity contribution in [2.24, 2.45) is 0 Å². The number of hydrogen-bond donors (Lipinski definition) is 1. The van der Waals surface area contributed by atoms with E-state index in [1.807, 2.05) is 24.3 Å². The summed E-state index contributed by atoms with van der Waals surface area (Å²) in [5.41, 5.74) is 0. The molecule has 10 heteroatoms. The van der Waals surface area contributed by atoms with Gasteiger partial charge in [-0.1, -0.05) is 28.6 Å². The second kappa shape index (κ2) is 7.06. The third kappa shape index (κ3) is 3.51. The highest BCUT2D eigenvalue weighted by molar-refractivity contribution is 9.10. The molecule has 0 radical (unpaired) electrons. The van der Waals surface area contributed by atoms with Crippen molar-refractivity contribution in [2.45, 2.75) is 19.1 Å². The monoisotopic (exact) mass is 423 g/mol. The van der Waals surface area contributed by atoms with Crippen LogP contribution in [0.5, 0.6) is 5.75 Å². The summed E-state index contributed by atoms with van der Waals surface area (Å²) in [5, 5.41) is 22.5. The number of aliphatic hydroxyl groups is 1. The molecule has 1 aliphatic rings. The zero-order valence-electron chi connectivity index (χ0n) is 13.0. The van der Waals surface area contributed by atoms with Crippen LogP contribution < -0.4 is 9.64 Å². The molecule has 3 aromatic rings. The number of benzene rings is 1. The summed E-state index contributed by atoms with van der Waals surface area (Å²) in [7, 11) is 0. The number of para-hydroxylation sites is 1. The highest BCUT2D eigenvalue weighted by Crippen LogP contribution is 2.31. The molecule has 8 nitrogen and oxygen atoms in total. The summed E-state index contributed by atoms with van der Waals surface area (Å²) in [6.07, 6.45) is 1.00. The lowest BCUT2D eigenvalue weighted by atomic mass is 10.3. The minimum absolute atomic E-state index is 0.0946. The highest BCUT2D eigenvalue weighted by atomic mass is 79.9. The van der Waals surface area contributed by atoms with Gasteiger partial charge in [0.1, 0.15) is 18.5 Å². The van der Waals surface area contributed by atoms with E-state index < -0.39 is 0 Å². The summed E-state index contributed by atoms with van der Waals surface area (Å²) in [6, 6.07) is 7.83. The number of anilines is 1. The van der Waals surface area contributed by atoms with Crippen LogP contribution in [0, 0.1) is 0 Å². The molecule has 0 saturated carbocycles. The summed E-state index contributed by atoms with van der Waals surface area (Å²) in [4.78, 5) is 6.19. The van der Waals surface area contributed by atoms with Crippen LogP contribution in [0.2, 0.25) is 0 Å². The molecule has 2 aromatic heterocycles. The first-order valence-corrected chi connectivity index (χ1v) is 9.27. The van der Waals surface area contributed by atoms with E-state index in [0.717, 1.165) is 34.9 Å². The largest absolute Gasteiger partial charge is 0.487 e. The normalized spacial score (nSPS) is 17.2. The molecule has 0 amide bonds. The van der Waals surface area contributed by atoms with Crippen molar-refractivity contribution in [3.63, 3.8) is 0 Å². The van der Waals surface area contributed by atoms with Crippen molar-refractivity contribution < 1.29 is 14.4 Å². The summed E-state index contributed by atoms with van der Waals surface area (Å²) < 4.78 is 11.9. The van der Waals surface area contributed by atoms with Crippen LogP contribution in [0.3, 0.4) is 0 Å². The average Bonchev–Trinajstić information content (AvgIpc) is 3.36. The molecule has 1 aromatic carbocycles. The van der Waals surface area contributed by atoms with Crippen LogP contribution in [0.1, 0.15) is 12.3 Å². The standard InChI is InChI=1S/C15H14BrN5O3S/c16-10-3-1-2-4-11(10)23-9-5-6-21(7-9)15-19-18-14(25-15)13-17-12(8-22)24-20-13/h1-4,9,22H,5-8H2. The SMILES string of the molecule is OCc1nc(-c2nnc(N3CCC(Oc4ccccc4Br)C3)s2)no1. The molecular weight excluding hydrogens is 410 g/mol. The lowest BCUT2D eigenvalue weighted by Crippen LogP contribution is -2.24. The van der Waals surface area contributed by atoms with Crippen LogP contribution in [0.4, 0.5) is 5.13 Å². The molecule has 1 fully saturated rings. The van der Waals surface area contributed by atoms with Gasteiger partial charge in [0.05, 0.1) is 11.0 Å². The molecule has 25 heavy (non-hydrogen) atoms. The van der Waals surface area contributed by atoms with Crippen molar-refractivity contribution in [3.05, 3.63) is 34.6 Å². The summed E-state index contributed by atoms with van der Waals surface area (Å²) in [5.74, 6) is 1.35. The van der Waals surface area contributed by atoms with E-state index in [9.17, 15) is 0 Å². The maximum absolute atomic E-state index is 8.99. The van der Waals surface area contributed by atoms with E-state index in [4.69, 9.17) is 14.4 Å². The molecule has 4 rings (SSSR count). The molecule has 1 atom stereocenters. The lowest BCUT2D eigenvalue weighted by Gasteiger charge is -2.16. The number of nitrogens with zero attached hydrogens (tertiary/aromatic N) is 5. The smallest absolute Gasteiger partial charge is 0.252 e. The Morgan fingerprint density at radius 3 is 3.04 bits per heavy atom. The van der Waals surface area contributed by atoms with E-state index in [-0.39, 0.29) is 18.6 Å². The van der Waals surface area contributed by atoms with Crippen LogP contribution in [-0.2, 0) is 6.61 Å². The van der Waals surface area contributed by atoms with Crippen LogP contribution in [0.15, 0.2) is 33.3 Å². The van der Waals surface area contributed by atoms with Gasteiger partial charge in [0.25, 0.3) is 5.89 Å². The van der Waals surface area contributed by atoms with Crippen LogP contribution in [0.25, 0.3) is 10.8 Å². The Kier molecular flexibility index (Phi) is 4.64. The second-order valence-electron chi connectivity index (χ2n) is 5.46. The van der Waals surface area contributed by atoms with Gasteiger partial charge < -0.3 is 19.3 Å². The minimum atomic E-state index is -0.293. The zero-order chi connectivity index (χ0) is 17.2. The van der Waals surface area contributed by atoms with E-state index in [2.05, 4.69) is 41.2 Å². The van der Waals surface area contributed by atoms with Gasteiger partial charge >= 0.3 is 0 Å². The number of aliphatic hydroxyl groups excluding tert-OH is 1. The average molecular weight is 424 g/mol. The number of aromatic nitrogens is 4. The van der Waals surface area contributed by atoms with Crippen molar-refractivity contribution >= 4 is 32.4 Å². The summed E-state index contributed by atoms with van der Waals surface area (Å²) >= 11 is 4.89. The van der Waals surface area contributed by atoms with Gasteiger partial charge in [0.2, 0.25) is 11.0 Å². The quantitative estimate of drug-likeness (QED) is 0.668. The first kappa shape index (κ1) is 16.4. The van der Waals surface area contributed by atoms with Gasteiger partial charge in [0.15, 0.2) is 5.01 Å². The van der Waals surface area contributed by atoms with Gasteiger partial charge in [-0.3, -0.25) is 0 Å². The predicted molar refractivity (Wildman–Crippen MR) is 94.5 cm³/mol. The maximum Gasteiger partial charge on any atom is 0.252 e. The highest BCUT2D eigenvalue weighted by Gasteiger charge is 2.27. The fourth-order valence-corrected chi connectivity index (χ4v) is 3.74. The fraction of sp³-hybridized carbons (Fsp3) is 0.333. The van der Waals surface area contributed by atoms with Crippen molar-refractivity contribution in [2.75, 3.05) is 18.0 Å². The molecule has 1 N–H and O–H groups in total. The first-order chi connectivity index (χ1) is 12.2. The maximum atomic E-state index is 8.99. The molecular formula is C15H14BrN5O3S. The Morgan fingerprint density at radius 2 is 2.24 bits per heavy atom.